The highest BCUT2D eigenvalue weighted by molar-refractivity contribution is 14.0. The number of likely N-dealkylation sites (tertiary alicyclic amines) is 1. The van der Waals surface area contributed by atoms with Crippen molar-refractivity contribution in [3.63, 3.8) is 0 Å². The number of nitrogens with zero attached hydrogens (tertiary/aromatic N) is 3. The van der Waals surface area contributed by atoms with E-state index in [1.807, 2.05) is 7.05 Å². The average molecular weight is 499 g/mol. The molecular weight excluding hydrogens is 465 g/mol. The van der Waals surface area contributed by atoms with E-state index in [-0.39, 0.29) is 29.9 Å². The molecule has 1 aromatic rings. The first-order chi connectivity index (χ1) is 13.1. The van der Waals surface area contributed by atoms with Gasteiger partial charge in [-0.2, -0.15) is 0 Å². The SMILES string of the molecule is CN=C(NCCN1c2ccccc2CC1C)N1CCC(CC(=O)NC)CC1.I. The van der Waals surface area contributed by atoms with Gasteiger partial charge in [0.2, 0.25) is 5.91 Å². The number of para-hydroxylation sites is 1. The van der Waals surface area contributed by atoms with Gasteiger partial charge >= 0.3 is 0 Å². The number of nitrogens with one attached hydrogen (secondary N) is 2. The lowest BCUT2D eigenvalue weighted by Gasteiger charge is -2.34. The number of piperidine rings is 1. The van der Waals surface area contributed by atoms with Crippen LogP contribution in [0, 0.1) is 5.92 Å². The second-order valence-electron chi connectivity index (χ2n) is 7.66. The molecule has 1 atom stereocenters. The maximum Gasteiger partial charge on any atom is 0.220 e. The molecule has 2 aliphatic rings. The molecule has 28 heavy (non-hydrogen) atoms. The van der Waals surface area contributed by atoms with Crippen molar-refractivity contribution in [2.24, 2.45) is 10.9 Å². The Morgan fingerprint density at radius 3 is 2.64 bits per heavy atom. The van der Waals surface area contributed by atoms with Gasteiger partial charge in [0.05, 0.1) is 0 Å². The number of carbonyl (C=O) groups excluding carboxylic acids is 1. The molecule has 0 aromatic heterocycles. The van der Waals surface area contributed by atoms with Crippen molar-refractivity contribution in [3.05, 3.63) is 29.8 Å². The van der Waals surface area contributed by atoms with E-state index >= 15 is 0 Å². The second kappa shape index (κ2) is 10.9. The smallest absolute Gasteiger partial charge is 0.220 e. The number of benzene rings is 1. The molecule has 0 bridgehead atoms. The summed E-state index contributed by atoms with van der Waals surface area (Å²) in [6.07, 6.45) is 3.86. The van der Waals surface area contributed by atoms with Crippen LogP contribution < -0.4 is 15.5 Å². The largest absolute Gasteiger partial charge is 0.367 e. The van der Waals surface area contributed by atoms with Gasteiger partial charge in [-0.25, -0.2) is 0 Å². The third-order valence-corrected chi connectivity index (χ3v) is 5.86. The summed E-state index contributed by atoms with van der Waals surface area (Å²) in [7, 11) is 3.57. The highest BCUT2D eigenvalue weighted by Gasteiger charge is 2.26. The van der Waals surface area contributed by atoms with E-state index in [2.05, 4.69) is 56.6 Å². The number of halogens is 1. The van der Waals surface area contributed by atoms with E-state index in [0.717, 1.165) is 51.4 Å². The molecule has 1 saturated heterocycles. The Kier molecular flexibility index (Phi) is 8.85. The zero-order chi connectivity index (χ0) is 19.2. The summed E-state index contributed by atoms with van der Waals surface area (Å²) in [5, 5.41) is 6.27. The Hall–Kier alpha value is -1.51. The fraction of sp³-hybridized carbons (Fsp3) is 0.619. The van der Waals surface area contributed by atoms with Gasteiger partial charge in [-0.1, -0.05) is 18.2 Å². The normalized spacial score (nSPS) is 19.8. The first kappa shape index (κ1) is 22.8. The van der Waals surface area contributed by atoms with Crippen molar-refractivity contribution >= 4 is 41.5 Å². The van der Waals surface area contributed by atoms with Crippen LogP contribution in [-0.2, 0) is 11.2 Å². The molecule has 0 saturated carbocycles. The molecular formula is C21H34IN5O. The number of aliphatic imine (C=N–C) groups is 1. The van der Waals surface area contributed by atoms with Gasteiger partial charge in [-0.3, -0.25) is 9.79 Å². The quantitative estimate of drug-likeness (QED) is 0.372. The van der Waals surface area contributed by atoms with Crippen molar-refractivity contribution in [1.82, 2.24) is 15.5 Å². The Labute approximate surface area is 186 Å². The molecule has 6 nitrogen and oxygen atoms in total. The Morgan fingerprint density at radius 1 is 1.25 bits per heavy atom. The number of amides is 1. The number of hydrogen-bond donors (Lipinski definition) is 2. The first-order valence-corrected chi connectivity index (χ1v) is 10.1. The Morgan fingerprint density at radius 2 is 1.96 bits per heavy atom. The number of rotatable bonds is 5. The minimum atomic E-state index is 0. The third kappa shape index (κ3) is 5.52. The van der Waals surface area contributed by atoms with Crippen LogP contribution in [0.4, 0.5) is 5.69 Å². The summed E-state index contributed by atoms with van der Waals surface area (Å²) in [6.45, 7) is 6.08. The summed E-state index contributed by atoms with van der Waals surface area (Å²) >= 11 is 0. The van der Waals surface area contributed by atoms with E-state index in [1.165, 1.54) is 11.3 Å². The standard InChI is InChI=1S/C21H33N5O.HI/c1-16-14-18-6-4-5-7-19(18)26(16)13-10-24-21(23-3)25-11-8-17(9-12-25)15-20(27)22-2;/h4-7,16-17H,8-15H2,1-3H3,(H,22,27)(H,23,24);1H. The van der Waals surface area contributed by atoms with Crippen LogP contribution in [0.1, 0.15) is 31.7 Å². The molecule has 1 aromatic carbocycles. The van der Waals surface area contributed by atoms with Crippen molar-refractivity contribution < 1.29 is 4.79 Å². The minimum Gasteiger partial charge on any atom is -0.367 e. The van der Waals surface area contributed by atoms with Gasteiger partial charge in [-0.05, 0) is 43.7 Å². The van der Waals surface area contributed by atoms with Crippen LogP contribution in [0.2, 0.25) is 0 Å². The molecule has 156 valence electrons. The van der Waals surface area contributed by atoms with Gasteiger partial charge in [-0.15, -0.1) is 24.0 Å². The third-order valence-electron chi connectivity index (χ3n) is 5.86. The summed E-state index contributed by atoms with van der Waals surface area (Å²) in [5.74, 6) is 1.62. The highest BCUT2D eigenvalue weighted by Crippen LogP contribution is 2.31. The zero-order valence-electron chi connectivity index (χ0n) is 17.3. The summed E-state index contributed by atoms with van der Waals surface area (Å²) in [6, 6.07) is 9.26. The van der Waals surface area contributed by atoms with Crippen LogP contribution in [0.15, 0.2) is 29.3 Å². The Balaban J connectivity index is 0.00000280. The van der Waals surface area contributed by atoms with E-state index in [1.54, 1.807) is 7.05 Å². The van der Waals surface area contributed by atoms with E-state index in [0.29, 0.717) is 18.4 Å². The second-order valence-corrected chi connectivity index (χ2v) is 7.66. The molecule has 3 rings (SSSR count). The monoisotopic (exact) mass is 499 g/mol. The summed E-state index contributed by atoms with van der Waals surface area (Å²) in [4.78, 5) is 20.9. The van der Waals surface area contributed by atoms with Gasteiger partial charge in [0.25, 0.3) is 0 Å². The van der Waals surface area contributed by atoms with Crippen LogP contribution in [-0.4, -0.2) is 63.1 Å². The number of fused-ring (bicyclic) bond motifs is 1. The van der Waals surface area contributed by atoms with Crippen LogP contribution in [0.3, 0.4) is 0 Å². The molecule has 0 aliphatic carbocycles. The van der Waals surface area contributed by atoms with Gasteiger partial charge in [0.15, 0.2) is 5.96 Å². The maximum atomic E-state index is 11.6. The summed E-state index contributed by atoms with van der Waals surface area (Å²) < 4.78 is 0. The lowest BCUT2D eigenvalue weighted by atomic mass is 9.93. The number of carbonyl (C=O) groups is 1. The lowest BCUT2D eigenvalue weighted by Crippen LogP contribution is -2.48. The molecule has 0 radical (unpaired) electrons. The molecule has 7 heteroatoms. The predicted octanol–water partition coefficient (Wildman–Crippen LogP) is 2.48. The molecule has 1 fully saturated rings. The van der Waals surface area contributed by atoms with Crippen LogP contribution in [0.5, 0.6) is 0 Å². The average Bonchev–Trinajstić information content (AvgIpc) is 3.01. The molecule has 0 spiro atoms. The van der Waals surface area contributed by atoms with Crippen molar-refractivity contribution in [3.8, 4) is 0 Å². The van der Waals surface area contributed by atoms with Crippen molar-refractivity contribution in [1.29, 1.82) is 0 Å². The molecule has 1 unspecified atom stereocenters. The maximum absolute atomic E-state index is 11.6. The fourth-order valence-electron chi connectivity index (χ4n) is 4.30. The van der Waals surface area contributed by atoms with Crippen molar-refractivity contribution in [2.75, 3.05) is 45.2 Å². The van der Waals surface area contributed by atoms with E-state index in [4.69, 9.17) is 0 Å². The minimum absolute atomic E-state index is 0. The summed E-state index contributed by atoms with van der Waals surface area (Å²) in [5.41, 5.74) is 2.82. The van der Waals surface area contributed by atoms with E-state index < -0.39 is 0 Å². The highest BCUT2D eigenvalue weighted by atomic mass is 127. The molecule has 2 aliphatic heterocycles. The number of anilines is 1. The van der Waals surface area contributed by atoms with Gasteiger partial charge < -0.3 is 20.4 Å². The number of guanidine groups is 1. The van der Waals surface area contributed by atoms with Gasteiger partial charge in [0.1, 0.15) is 0 Å². The lowest BCUT2D eigenvalue weighted by molar-refractivity contribution is -0.121. The topological polar surface area (TPSA) is 60.0 Å². The molecule has 2 heterocycles. The predicted molar refractivity (Wildman–Crippen MR) is 127 cm³/mol. The zero-order valence-corrected chi connectivity index (χ0v) is 19.6. The van der Waals surface area contributed by atoms with Crippen LogP contribution in [0.25, 0.3) is 0 Å². The van der Waals surface area contributed by atoms with E-state index in [9.17, 15) is 4.79 Å². The first-order valence-electron chi connectivity index (χ1n) is 10.1. The van der Waals surface area contributed by atoms with Crippen LogP contribution >= 0.6 is 24.0 Å². The van der Waals surface area contributed by atoms with Crippen molar-refractivity contribution in [2.45, 2.75) is 38.6 Å². The Bertz CT molecular complexity index is 673. The fourth-order valence-corrected chi connectivity index (χ4v) is 4.30. The number of hydrogen-bond acceptors (Lipinski definition) is 3. The van der Waals surface area contributed by atoms with Gasteiger partial charge in [0, 0.05) is 58.4 Å². The molecule has 2 N–H and O–H groups in total. The molecule has 1 amide bonds.